The number of benzene rings is 1. The lowest BCUT2D eigenvalue weighted by atomic mass is 9.90. The molecule has 1 aromatic carbocycles. The maximum atomic E-state index is 12.5. The van der Waals surface area contributed by atoms with Crippen LogP contribution in [0.15, 0.2) is 29.2 Å². The summed E-state index contributed by atoms with van der Waals surface area (Å²) in [5.41, 5.74) is 0.903. The van der Waals surface area contributed by atoms with E-state index in [-0.39, 0.29) is 5.92 Å². The van der Waals surface area contributed by atoms with E-state index in [2.05, 4.69) is 11.9 Å². The molecule has 3 heteroatoms. The van der Waals surface area contributed by atoms with Gasteiger partial charge < -0.3 is 4.90 Å². The molecule has 1 aromatic rings. The third kappa shape index (κ3) is 2.90. The van der Waals surface area contributed by atoms with E-state index in [4.69, 9.17) is 0 Å². The standard InChI is InChI=1S/C14H19NOS/c1-15-9-5-6-11(10-15)14(16)12-7-3-4-8-13(12)17-2/h3-4,7-8,11H,5-6,9-10H2,1-2H3/t11-/m0/s1. The Labute approximate surface area is 107 Å². The van der Waals surface area contributed by atoms with Gasteiger partial charge in [-0.15, -0.1) is 11.8 Å². The number of piperidine rings is 1. The summed E-state index contributed by atoms with van der Waals surface area (Å²) in [6.45, 7) is 2.02. The van der Waals surface area contributed by atoms with Gasteiger partial charge in [-0.1, -0.05) is 18.2 Å². The fraction of sp³-hybridized carbons (Fsp3) is 0.500. The van der Waals surface area contributed by atoms with Gasteiger partial charge in [-0.2, -0.15) is 0 Å². The van der Waals surface area contributed by atoms with Gasteiger partial charge in [0.05, 0.1) is 0 Å². The highest BCUT2D eigenvalue weighted by Gasteiger charge is 2.25. The summed E-state index contributed by atoms with van der Waals surface area (Å²) < 4.78 is 0. The first-order valence-corrected chi connectivity index (χ1v) is 7.30. The Morgan fingerprint density at radius 3 is 2.88 bits per heavy atom. The van der Waals surface area contributed by atoms with Crippen LogP contribution in [0.3, 0.4) is 0 Å². The van der Waals surface area contributed by atoms with Gasteiger partial charge >= 0.3 is 0 Å². The van der Waals surface area contributed by atoms with Crippen molar-refractivity contribution in [3.8, 4) is 0 Å². The Bertz CT molecular complexity index is 405. The number of carbonyl (C=O) groups is 1. The predicted molar refractivity (Wildman–Crippen MR) is 72.8 cm³/mol. The van der Waals surface area contributed by atoms with Crippen LogP contribution < -0.4 is 0 Å². The summed E-state index contributed by atoms with van der Waals surface area (Å²) >= 11 is 1.65. The molecular formula is C14H19NOS. The van der Waals surface area contributed by atoms with E-state index in [1.807, 2.05) is 30.5 Å². The number of rotatable bonds is 3. The first-order valence-electron chi connectivity index (χ1n) is 6.08. The Hall–Kier alpha value is -0.800. The number of likely N-dealkylation sites (tertiary alicyclic amines) is 1. The number of hydrogen-bond donors (Lipinski definition) is 0. The Kier molecular flexibility index (Phi) is 4.24. The van der Waals surface area contributed by atoms with Gasteiger partial charge in [0.15, 0.2) is 5.78 Å². The molecule has 17 heavy (non-hydrogen) atoms. The summed E-state index contributed by atoms with van der Waals surface area (Å²) in [5, 5.41) is 0. The van der Waals surface area contributed by atoms with Crippen LogP contribution >= 0.6 is 11.8 Å². The average Bonchev–Trinajstić information content (AvgIpc) is 2.38. The summed E-state index contributed by atoms with van der Waals surface area (Å²) in [6, 6.07) is 7.95. The molecule has 0 unspecified atom stereocenters. The zero-order valence-corrected chi connectivity index (χ0v) is 11.3. The fourth-order valence-electron chi connectivity index (χ4n) is 2.45. The van der Waals surface area contributed by atoms with Crippen molar-refractivity contribution in [3.05, 3.63) is 29.8 Å². The van der Waals surface area contributed by atoms with Crippen LogP contribution in [0.2, 0.25) is 0 Å². The van der Waals surface area contributed by atoms with Crippen LogP contribution in [0.1, 0.15) is 23.2 Å². The van der Waals surface area contributed by atoms with Crippen molar-refractivity contribution in [2.75, 3.05) is 26.4 Å². The smallest absolute Gasteiger partial charge is 0.168 e. The second-order valence-electron chi connectivity index (χ2n) is 4.67. The monoisotopic (exact) mass is 249 g/mol. The van der Waals surface area contributed by atoms with Gasteiger partial charge in [-0.3, -0.25) is 4.79 Å². The first-order chi connectivity index (χ1) is 8.22. The molecule has 0 aliphatic carbocycles. The molecule has 0 amide bonds. The highest BCUT2D eigenvalue weighted by molar-refractivity contribution is 7.98. The summed E-state index contributed by atoms with van der Waals surface area (Å²) in [4.78, 5) is 15.8. The molecule has 0 aromatic heterocycles. The largest absolute Gasteiger partial charge is 0.306 e. The van der Waals surface area contributed by atoms with Crippen molar-refractivity contribution in [3.63, 3.8) is 0 Å². The maximum absolute atomic E-state index is 12.5. The van der Waals surface area contributed by atoms with Crippen LogP contribution in [-0.2, 0) is 0 Å². The number of thioether (sulfide) groups is 1. The highest BCUT2D eigenvalue weighted by atomic mass is 32.2. The normalized spacial score (nSPS) is 21.4. The zero-order valence-electron chi connectivity index (χ0n) is 10.5. The molecule has 2 nitrogen and oxygen atoms in total. The van der Waals surface area contributed by atoms with Crippen LogP contribution in [0.25, 0.3) is 0 Å². The van der Waals surface area contributed by atoms with E-state index < -0.39 is 0 Å². The summed E-state index contributed by atoms with van der Waals surface area (Å²) in [7, 11) is 2.10. The quantitative estimate of drug-likeness (QED) is 0.607. The molecule has 2 rings (SSSR count). The van der Waals surface area contributed by atoms with Crippen molar-refractivity contribution in [2.24, 2.45) is 5.92 Å². The average molecular weight is 249 g/mol. The molecule has 1 fully saturated rings. The third-order valence-corrected chi connectivity index (χ3v) is 4.16. The molecule has 0 radical (unpaired) electrons. The van der Waals surface area contributed by atoms with E-state index in [0.717, 1.165) is 36.4 Å². The number of carbonyl (C=O) groups excluding carboxylic acids is 1. The van der Waals surface area contributed by atoms with Crippen molar-refractivity contribution >= 4 is 17.5 Å². The Morgan fingerprint density at radius 2 is 2.18 bits per heavy atom. The summed E-state index contributed by atoms with van der Waals surface area (Å²) in [5.74, 6) is 0.503. The molecule has 1 saturated heterocycles. The van der Waals surface area contributed by atoms with Gasteiger partial charge in [0.25, 0.3) is 0 Å². The van der Waals surface area contributed by atoms with Crippen molar-refractivity contribution in [1.29, 1.82) is 0 Å². The predicted octanol–water partition coefficient (Wildman–Crippen LogP) is 2.93. The molecule has 1 aliphatic rings. The Balaban J connectivity index is 2.18. The zero-order chi connectivity index (χ0) is 12.3. The Morgan fingerprint density at radius 1 is 1.41 bits per heavy atom. The van der Waals surface area contributed by atoms with Crippen molar-refractivity contribution in [2.45, 2.75) is 17.7 Å². The molecule has 1 atom stereocenters. The second kappa shape index (κ2) is 5.69. The molecule has 0 N–H and O–H groups in total. The van der Waals surface area contributed by atoms with Crippen molar-refractivity contribution < 1.29 is 4.79 Å². The van der Waals surface area contributed by atoms with Crippen LogP contribution in [0.5, 0.6) is 0 Å². The minimum Gasteiger partial charge on any atom is -0.306 e. The van der Waals surface area contributed by atoms with Gasteiger partial charge in [-0.05, 0) is 38.8 Å². The lowest BCUT2D eigenvalue weighted by Crippen LogP contribution is -2.36. The van der Waals surface area contributed by atoms with Gasteiger partial charge in [0.1, 0.15) is 0 Å². The minimum absolute atomic E-state index is 0.182. The first kappa shape index (κ1) is 12.7. The minimum atomic E-state index is 0.182. The van der Waals surface area contributed by atoms with E-state index in [9.17, 15) is 4.79 Å². The van der Waals surface area contributed by atoms with E-state index >= 15 is 0 Å². The lowest BCUT2D eigenvalue weighted by Gasteiger charge is -2.29. The topological polar surface area (TPSA) is 20.3 Å². The van der Waals surface area contributed by atoms with E-state index in [0.29, 0.717) is 5.78 Å². The number of Topliss-reactive ketones (excluding diaryl/α,β-unsaturated/α-hetero) is 1. The molecular weight excluding hydrogens is 230 g/mol. The number of nitrogens with zero attached hydrogens (tertiary/aromatic N) is 1. The number of hydrogen-bond acceptors (Lipinski definition) is 3. The van der Waals surface area contributed by atoms with Gasteiger partial charge in [-0.25, -0.2) is 0 Å². The van der Waals surface area contributed by atoms with E-state index in [1.54, 1.807) is 11.8 Å². The van der Waals surface area contributed by atoms with Gasteiger partial charge in [0, 0.05) is 22.9 Å². The third-order valence-electron chi connectivity index (χ3n) is 3.37. The van der Waals surface area contributed by atoms with Crippen LogP contribution in [0, 0.1) is 5.92 Å². The molecule has 0 spiro atoms. The molecule has 0 bridgehead atoms. The van der Waals surface area contributed by atoms with Crippen molar-refractivity contribution in [1.82, 2.24) is 4.90 Å². The second-order valence-corrected chi connectivity index (χ2v) is 5.51. The van der Waals surface area contributed by atoms with Crippen LogP contribution in [0.4, 0.5) is 0 Å². The van der Waals surface area contributed by atoms with E-state index in [1.165, 1.54) is 0 Å². The molecule has 1 aliphatic heterocycles. The maximum Gasteiger partial charge on any atom is 0.168 e. The highest BCUT2D eigenvalue weighted by Crippen LogP contribution is 2.26. The fourth-order valence-corrected chi connectivity index (χ4v) is 3.05. The van der Waals surface area contributed by atoms with Gasteiger partial charge in [0.2, 0.25) is 0 Å². The number of ketones is 1. The summed E-state index contributed by atoms with van der Waals surface area (Å²) in [6.07, 6.45) is 4.19. The molecule has 1 heterocycles. The SMILES string of the molecule is CSc1ccccc1C(=O)[C@H]1CCCN(C)C1. The molecule has 0 saturated carbocycles. The van der Waals surface area contributed by atoms with Crippen LogP contribution in [-0.4, -0.2) is 37.1 Å². The lowest BCUT2D eigenvalue weighted by molar-refractivity contribution is 0.0840. The molecule has 92 valence electrons.